The smallest absolute Gasteiger partial charge is 0.384 e. The molecule has 0 bridgehead atoms. The lowest BCUT2D eigenvalue weighted by atomic mass is 10.1. The van der Waals surface area contributed by atoms with Crippen molar-refractivity contribution in [3.63, 3.8) is 0 Å². The van der Waals surface area contributed by atoms with E-state index in [1.165, 1.54) is 4.68 Å². The Balaban J connectivity index is 1.85. The maximum Gasteiger partial charge on any atom is 0.419 e. The molecule has 0 fully saturated rings. The molecule has 10 heteroatoms. The zero-order valence-electron chi connectivity index (χ0n) is 16.6. The first-order chi connectivity index (χ1) is 14.6. The fraction of sp³-hybridized carbons (Fsp3) is 0.286. The van der Waals surface area contributed by atoms with Crippen LogP contribution in [-0.2, 0) is 24.1 Å². The third kappa shape index (κ3) is 5.04. The molecule has 0 saturated carbocycles. The number of ether oxygens (including phenoxy) is 1. The molecule has 0 aliphatic carbocycles. The quantitative estimate of drug-likeness (QED) is 0.384. The second kappa shape index (κ2) is 9.04. The maximum atomic E-state index is 14.0. The average Bonchev–Trinajstić information content (AvgIpc) is 3.03. The highest BCUT2D eigenvalue weighted by molar-refractivity contribution is 5.46. The Kier molecular flexibility index (Phi) is 6.63. The van der Waals surface area contributed by atoms with Crippen LogP contribution < -0.4 is 11.5 Å². The summed E-state index contributed by atoms with van der Waals surface area (Å²) < 4.78 is 59.4. The van der Waals surface area contributed by atoms with E-state index < -0.39 is 29.8 Å². The number of anilines is 1. The Bertz CT molecular complexity index is 1040. The second-order valence-electron chi connectivity index (χ2n) is 7.03. The normalized spacial score (nSPS) is 13.9. The highest BCUT2D eigenvalue weighted by Gasteiger charge is 2.34. The summed E-state index contributed by atoms with van der Waals surface area (Å²) in [6.07, 6.45) is -6.24. The number of nitrogen functional groups attached to an aromatic ring is 1. The number of nitrogens with two attached hydrogens (primary N) is 2. The van der Waals surface area contributed by atoms with Gasteiger partial charge in [-0.05, 0) is 30.2 Å². The fourth-order valence-corrected chi connectivity index (χ4v) is 3.24. The van der Waals surface area contributed by atoms with Gasteiger partial charge in [0.15, 0.2) is 0 Å². The molecule has 31 heavy (non-hydrogen) atoms. The van der Waals surface area contributed by atoms with E-state index in [4.69, 9.17) is 16.2 Å². The lowest BCUT2D eigenvalue weighted by Gasteiger charge is -2.16. The van der Waals surface area contributed by atoms with Gasteiger partial charge in [-0.15, -0.1) is 0 Å². The van der Waals surface area contributed by atoms with E-state index in [0.29, 0.717) is 6.07 Å². The Hall–Kier alpha value is -2.95. The number of rotatable bonds is 7. The zero-order valence-corrected chi connectivity index (χ0v) is 16.6. The van der Waals surface area contributed by atoms with Gasteiger partial charge in [0.2, 0.25) is 0 Å². The largest absolute Gasteiger partial charge is 0.419 e. The van der Waals surface area contributed by atoms with Crippen LogP contribution in [0.15, 0.2) is 48.5 Å². The van der Waals surface area contributed by atoms with Crippen molar-refractivity contribution in [1.82, 2.24) is 9.78 Å². The van der Waals surface area contributed by atoms with Gasteiger partial charge in [0, 0.05) is 0 Å². The number of hydrogen-bond donors (Lipinski definition) is 3. The van der Waals surface area contributed by atoms with Gasteiger partial charge in [-0.3, -0.25) is 0 Å². The van der Waals surface area contributed by atoms with Crippen LogP contribution in [-0.4, -0.2) is 14.9 Å². The van der Waals surface area contributed by atoms with E-state index in [0.717, 1.165) is 17.7 Å². The van der Waals surface area contributed by atoms with Gasteiger partial charge in [0.05, 0.1) is 36.1 Å². The fourth-order valence-electron chi connectivity index (χ4n) is 3.24. The number of aromatic nitrogens is 2. The first kappa shape index (κ1) is 22.7. The van der Waals surface area contributed by atoms with Crippen molar-refractivity contribution in [1.29, 1.82) is 0 Å². The minimum absolute atomic E-state index is 0.0101. The molecule has 0 spiro atoms. The molecule has 1 aromatic heterocycles. The highest BCUT2D eigenvalue weighted by Crippen LogP contribution is 2.34. The average molecular weight is 438 g/mol. The van der Waals surface area contributed by atoms with Gasteiger partial charge < -0.3 is 21.3 Å². The number of alkyl halides is 3. The third-order valence-electron chi connectivity index (χ3n) is 4.86. The summed E-state index contributed by atoms with van der Waals surface area (Å²) in [4.78, 5) is 0. The number of nitrogens with zero attached hydrogens (tertiary/aromatic N) is 2. The van der Waals surface area contributed by atoms with Crippen LogP contribution in [0.5, 0.6) is 0 Å². The number of benzene rings is 2. The monoisotopic (exact) mass is 438 g/mol. The summed E-state index contributed by atoms with van der Waals surface area (Å²) in [7, 11) is 0. The van der Waals surface area contributed by atoms with E-state index in [1.54, 1.807) is 6.92 Å². The van der Waals surface area contributed by atoms with Gasteiger partial charge in [-0.25, -0.2) is 9.07 Å². The minimum Gasteiger partial charge on any atom is -0.384 e. The van der Waals surface area contributed by atoms with Crippen LogP contribution in [0.25, 0.3) is 0 Å². The first-order valence-corrected chi connectivity index (χ1v) is 9.38. The summed E-state index contributed by atoms with van der Waals surface area (Å²) in [5.74, 6) is -1.38. The number of aliphatic hydroxyl groups excluding tert-OH is 1. The molecule has 3 rings (SSSR count). The van der Waals surface area contributed by atoms with E-state index >= 15 is 0 Å². The number of hydrogen-bond acceptors (Lipinski definition) is 5. The molecule has 3 aromatic rings. The standard InChI is InChI=1S/C21H22F4N4O2/c1-12(14-7-8-15(16(22)9-14)21(23,24)25)29-19(26)18(20(27)30)17(28-29)11-31-10-13-5-3-2-4-6-13/h2-9,12,20,30H,10-11,26-27H2,1H3. The summed E-state index contributed by atoms with van der Waals surface area (Å²) in [6, 6.07) is 11.3. The van der Waals surface area contributed by atoms with E-state index in [1.807, 2.05) is 30.3 Å². The molecule has 5 N–H and O–H groups in total. The SMILES string of the molecule is CC(c1ccc(C(F)(F)F)c(F)c1)n1nc(COCc2ccccc2)c(C(N)O)c1N. The summed E-state index contributed by atoms with van der Waals surface area (Å²) in [6.45, 7) is 1.86. The molecule has 0 aliphatic heterocycles. The van der Waals surface area contributed by atoms with Crippen molar-refractivity contribution >= 4 is 5.82 Å². The van der Waals surface area contributed by atoms with Gasteiger partial charge >= 0.3 is 6.18 Å². The van der Waals surface area contributed by atoms with E-state index in [9.17, 15) is 22.7 Å². The number of halogens is 4. The van der Waals surface area contributed by atoms with E-state index in [-0.39, 0.29) is 35.9 Å². The van der Waals surface area contributed by atoms with Crippen molar-refractivity contribution in [3.8, 4) is 0 Å². The molecular formula is C21H22F4N4O2. The Morgan fingerprint density at radius 3 is 2.39 bits per heavy atom. The van der Waals surface area contributed by atoms with E-state index in [2.05, 4.69) is 5.10 Å². The predicted octanol–water partition coefficient (Wildman–Crippen LogP) is 3.90. The Morgan fingerprint density at radius 1 is 1.13 bits per heavy atom. The molecule has 0 saturated heterocycles. The molecule has 166 valence electrons. The first-order valence-electron chi connectivity index (χ1n) is 9.38. The predicted molar refractivity (Wildman–Crippen MR) is 106 cm³/mol. The van der Waals surface area contributed by atoms with Gasteiger partial charge in [-0.1, -0.05) is 36.4 Å². The van der Waals surface area contributed by atoms with Crippen molar-refractivity contribution in [2.24, 2.45) is 5.73 Å². The van der Waals surface area contributed by atoms with Crippen LogP contribution in [0.4, 0.5) is 23.4 Å². The summed E-state index contributed by atoms with van der Waals surface area (Å²) >= 11 is 0. The third-order valence-corrected chi connectivity index (χ3v) is 4.86. The topological polar surface area (TPSA) is 99.3 Å². The second-order valence-corrected chi connectivity index (χ2v) is 7.03. The van der Waals surface area contributed by atoms with Gasteiger partial charge in [0.25, 0.3) is 0 Å². The molecule has 0 radical (unpaired) electrons. The van der Waals surface area contributed by atoms with Gasteiger partial charge in [-0.2, -0.15) is 18.3 Å². The highest BCUT2D eigenvalue weighted by atomic mass is 19.4. The molecule has 2 aromatic carbocycles. The van der Waals surface area contributed by atoms with Crippen LogP contribution in [0, 0.1) is 5.82 Å². The molecule has 1 heterocycles. The summed E-state index contributed by atoms with van der Waals surface area (Å²) in [5, 5.41) is 14.3. The molecule has 2 atom stereocenters. The summed E-state index contributed by atoms with van der Waals surface area (Å²) in [5.41, 5.74) is 11.9. The van der Waals surface area contributed by atoms with Crippen molar-refractivity contribution in [2.45, 2.75) is 38.6 Å². The number of aliphatic hydroxyl groups is 1. The van der Waals surface area contributed by atoms with Crippen LogP contribution >= 0.6 is 0 Å². The van der Waals surface area contributed by atoms with Crippen molar-refractivity contribution in [2.75, 3.05) is 5.73 Å². The minimum atomic E-state index is -4.79. The van der Waals surface area contributed by atoms with Crippen LogP contribution in [0.1, 0.15) is 47.1 Å². The van der Waals surface area contributed by atoms with Gasteiger partial charge in [0.1, 0.15) is 17.9 Å². The molecular weight excluding hydrogens is 416 g/mol. The molecule has 2 unspecified atom stereocenters. The Morgan fingerprint density at radius 2 is 1.81 bits per heavy atom. The maximum absolute atomic E-state index is 14.0. The molecule has 0 aliphatic rings. The van der Waals surface area contributed by atoms with Crippen molar-refractivity contribution < 1.29 is 27.4 Å². The zero-order chi connectivity index (χ0) is 22.8. The van der Waals surface area contributed by atoms with Crippen LogP contribution in [0.2, 0.25) is 0 Å². The van der Waals surface area contributed by atoms with Crippen LogP contribution in [0.3, 0.4) is 0 Å². The molecule has 0 amide bonds. The van der Waals surface area contributed by atoms with Crippen molar-refractivity contribution in [3.05, 3.63) is 82.3 Å². The lowest BCUT2D eigenvalue weighted by molar-refractivity contribution is -0.140. The lowest BCUT2D eigenvalue weighted by Crippen LogP contribution is -2.16. The molecule has 6 nitrogen and oxygen atoms in total. The Labute approximate surface area is 176 Å².